The highest BCUT2D eigenvalue weighted by atomic mass is 16.5. The quantitative estimate of drug-likeness (QED) is 0.899. The lowest BCUT2D eigenvalue weighted by Gasteiger charge is -2.33. The zero-order chi connectivity index (χ0) is 13.8. The van der Waals surface area contributed by atoms with Gasteiger partial charge in [-0.25, -0.2) is 4.98 Å². The van der Waals surface area contributed by atoms with Crippen LogP contribution in [0.4, 0.5) is 0 Å². The largest absolute Gasteiger partial charge is 0.370 e. The monoisotopic (exact) mass is 277 g/mol. The van der Waals surface area contributed by atoms with Gasteiger partial charge in [0.25, 0.3) is 0 Å². The average molecular weight is 277 g/mol. The summed E-state index contributed by atoms with van der Waals surface area (Å²) in [5.74, 6) is 0. The third-order valence-corrected chi connectivity index (χ3v) is 4.84. The van der Waals surface area contributed by atoms with Crippen LogP contribution in [0.1, 0.15) is 51.9 Å². The Kier molecular flexibility index (Phi) is 4.41. The molecule has 2 fully saturated rings. The average Bonchev–Trinajstić information content (AvgIpc) is 3.08. The van der Waals surface area contributed by atoms with Crippen LogP contribution in [0, 0.1) is 0 Å². The van der Waals surface area contributed by atoms with E-state index in [1.807, 2.05) is 18.7 Å². The van der Waals surface area contributed by atoms with E-state index >= 15 is 0 Å². The Morgan fingerprint density at radius 3 is 2.95 bits per heavy atom. The second-order valence-electron chi connectivity index (χ2n) is 6.59. The van der Waals surface area contributed by atoms with E-state index in [2.05, 4.69) is 21.8 Å². The van der Waals surface area contributed by atoms with Crippen molar-refractivity contribution in [1.82, 2.24) is 14.9 Å². The molecule has 1 saturated carbocycles. The maximum absolute atomic E-state index is 6.39. The lowest BCUT2D eigenvalue weighted by molar-refractivity contribution is -0.0629. The molecule has 1 spiro atoms. The molecule has 0 radical (unpaired) electrons. The van der Waals surface area contributed by atoms with E-state index in [4.69, 9.17) is 4.74 Å². The molecule has 0 bridgehead atoms. The fraction of sp³-hybridized carbons (Fsp3) is 0.812. The summed E-state index contributed by atoms with van der Waals surface area (Å²) >= 11 is 0. The standard InChI is InChI=1S/C16H27N3O/c1-14(12-19-10-9-17-13-19)18-11-15-5-8-16(20-15)6-3-2-4-7-16/h9-10,13-15,18H,2-8,11-12H2,1H3. The van der Waals surface area contributed by atoms with E-state index in [1.165, 1.54) is 44.9 Å². The molecule has 1 aromatic rings. The van der Waals surface area contributed by atoms with Crippen molar-refractivity contribution in [3.63, 3.8) is 0 Å². The summed E-state index contributed by atoms with van der Waals surface area (Å²) in [6.45, 7) is 4.18. The smallest absolute Gasteiger partial charge is 0.0946 e. The minimum Gasteiger partial charge on any atom is -0.370 e. The fourth-order valence-corrected chi connectivity index (χ4v) is 3.71. The lowest BCUT2D eigenvalue weighted by atomic mass is 9.83. The number of aromatic nitrogens is 2. The van der Waals surface area contributed by atoms with Gasteiger partial charge in [-0.1, -0.05) is 19.3 Å². The van der Waals surface area contributed by atoms with E-state index in [0.29, 0.717) is 12.1 Å². The number of nitrogens with one attached hydrogen (secondary N) is 1. The normalized spacial score (nSPS) is 26.9. The first kappa shape index (κ1) is 14.1. The maximum Gasteiger partial charge on any atom is 0.0946 e. The summed E-state index contributed by atoms with van der Waals surface area (Å²) < 4.78 is 8.51. The van der Waals surface area contributed by atoms with Crippen molar-refractivity contribution in [1.29, 1.82) is 0 Å². The molecule has 1 aliphatic carbocycles. The van der Waals surface area contributed by atoms with Crippen LogP contribution in [-0.4, -0.2) is 33.8 Å². The number of ether oxygens (including phenoxy) is 1. The number of rotatable bonds is 5. The molecule has 1 N–H and O–H groups in total. The second-order valence-corrected chi connectivity index (χ2v) is 6.59. The molecule has 2 unspecified atom stereocenters. The fourth-order valence-electron chi connectivity index (χ4n) is 3.71. The van der Waals surface area contributed by atoms with Crippen LogP contribution in [0.25, 0.3) is 0 Å². The van der Waals surface area contributed by atoms with Crippen molar-refractivity contribution in [3.05, 3.63) is 18.7 Å². The third kappa shape index (κ3) is 3.41. The minimum atomic E-state index is 0.248. The Labute approximate surface area is 121 Å². The molecule has 20 heavy (non-hydrogen) atoms. The van der Waals surface area contributed by atoms with E-state index in [9.17, 15) is 0 Å². The molecule has 1 aromatic heterocycles. The summed E-state index contributed by atoms with van der Waals surface area (Å²) in [4.78, 5) is 4.08. The summed E-state index contributed by atoms with van der Waals surface area (Å²) in [5.41, 5.74) is 0.248. The van der Waals surface area contributed by atoms with Gasteiger partial charge in [-0.3, -0.25) is 0 Å². The van der Waals surface area contributed by atoms with Gasteiger partial charge in [-0.2, -0.15) is 0 Å². The Balaban J connectivity index is 1.41. The van der Waals surface area contributed by atoms with Gasteiger partial charge in [-0.15, -0.1) is 0 Å². The molecule has 2 atom stereocenters. The van der Waals surface area contributed by atoms with E-state index < -0.39 is 0 Å². The summed E-state index contributed by atoms with van der Waals surface area (Å²) in [5, 5.41) is 3.61. The minimum absolute atomic E-state index is 0.248. The molecule has 2 aliphatic rings. The van der Waals surface area contributed by atoms with Crippen LogP contribution in [0.3, 0.4) is 0 Å². The summed E-state index contributed by atoms with van der Waals surface area (Å²) in [7, 11) is 0. The van der Waals surface area contributed by atoms with Crippen LogP contribution < -0.4 is 5.32 Å². The first-order valence-electron chi connectivity index (χ1n) is 8.13. The van der Waals surface area contributed by atoms with Crippen molar-refractivity contribution in [2.75, 3.05) is 6.54 Å². The lowest BCUT2D eigenvalue weighted by Crippen LogP contribution is -2.38. The number of hydrogen-bond acceptors (Lipinski definition) is 3. The van der Waals surface area contributed by atoms with E-state index in [0.717, 1.165) is 13.1 Å². The molecular formula is C16H27N3O. The molecule has 1 saturated heterocycles. The van der Waals surface area contributed by atoms with Crippen molar-refractivity contribution in [2.45, 2.75) is 76.2 Å². The van der Waals surface area contributed by atoms with Crippen LogP contribution >= 0.6 is 0 Å². The van der Waals surface area contributed by atoms with Gasteiger partial charge in [-0.05, 0) is 32.6 Å². The van der Waals surface area contributed by atoms with Crippen molar-refractivity contribution in [3.8, 4) is 0 Å². The molecule has 0 aromatic carbocycles. The van der Waals surface area contributed by atoms with Gasteiger partial charge < -0.3 is 14.6 Å². The van der Waals surface area contributed by atoms with Crippen molar-refractivity contribution in [2.24, 2.45) is 0 Å². The zero-order valence-corrected chi connectivity index (χ0v) is 12.6. The van der Waals surface area contributed by atoms with Crippen molar-refractivity contribution >= 4 is 0 Å². The van der Waals surface area contributed by atoms with Gasteiger partial charge in [0.15, 0.2) is 0 Å². The Hall–Kier alpha value is -0.870. The number of nitrogens with zero attached hydrogens (tertiary/aromatic N) is 2. The molecule has 112 valence electrons. The molecule has 2 heterocycles. The SMILES string of the molecule is CC(Cn1ccnc1)NCC1CCC2(CCCCC2)O1. The van der Waals surface area contributed by atoms with Crippen molar-refractivity contribution < 1.29 is 4.74 Å². The molecular weight excluding hydrogens is 250 g/mol. The van der Waals surface area contributed by atoms with Gasteiger partial charge in [0.05, 0.1) is 18.0 Å². The Bertz CT molecular complexity index is 398. The first-order valence-corrected chi connectivity index (χ1v) is 8.13. The molecule has 4 heteroatoms. The van der Waals surface area contributed by atoms with Gasteiger partial charge >= 0.3 is 0 Å². The van der Waals surface area contributed by atoms with E-state index in [1.54, 1.807) is 0 Å². The Morgan fingerprint density at radius 2 is 2.20 bits per heavy atom. The predicted octanol–water partition coefficient (Wildman–Crippen LogP) is 2.74. The zero-order valence-electron chi connectivity index (χ0n) is 12.6. The molecule has 4 nitrogen and oxygen atoms in total. The topological polar surface area (TPSA) is 39.1 Å². The second kappa shape index (κ2) is 6.27. The van der Waals surface area contributed by atoms with Crippen LogP contribution in [0.5, 0.6) is 0 Å². The molecule has 0 amide bonds. The summed E-state index contributed by atoms with van der Waals surface area (Å²) in [6, 6.07) is 0.454. The van der Waals surface area contributed by atoms with Crippen LogP contribution in [-0.2, 0) is 11.3 Å². The van der Waals surface area contributed by atoms with Gasteiger partial charge in [0, 0.05) is 31.5 Å². The van der Waals surface area contributed by atoms with Crippen LogP contribution in [0.2, 0.25) is 0 Å². The highest BCUT2D eigenvalue weighted by Gasteiger charge is 2.40. The first-order chi connectivity index (χ1) is 9.76. The Morgan fingerprint density at radius 1 is 1.35 bits per heavy atom. The van der Waals surface area contributed by atoms with Crippen LogP contribution in [0.15, 0.2) is 18.7 Å². The molecule has 3 rings (SSSR count). The highest BCUT2D eigenvalue weighted by Crippen LogP contribution is 2.41. The third-order valence-electron chi connectivity index (χ3n) is 4.84. The molecule has 1 aliphatic heterocycles. The maximum atomic E-state index is 6.39. The number of imidazole rings is 1. The number of hydrogen-bond donors (Lipinski definition) is 1. The highest BCUT2D eigenvalue weighted by molar-refractivity contribution is 4.92. The van der Waals surface area contributed by atoms with Gasteiger partial charge in [0.1, 0.15) is 0 Å². The predicted molar refractivity (Wildman–Crippen MR) is 79.6 cm³/mol. The van der Waals surface area contributed by atoms with Gasteiger partial charge in [0.2, 0.25) is 0 Å². The summed E-state index contributed by atoms with van der Waals surface area (Å²) in [6.07, 6.45) is 15.3. The van der Waals surface area contributed by atoms with E-state index in [-0.39, 0.29) is 5.60 Å².